The summed E-state index contributed by atoms with van der Waals surface area (Å²) in [6.07, 6.45) is 4.65. The van der Waals surface area contributed by atoms with Gasteiger partial charge in [-0.2, -0.15) is 22.1 Å². The molecule has 1 aliphatic heterocycles. The second-order valence-electron chi connectivity index (χ2n) is 6.71. The Bertz CT molecular complexity index is 720. The fraction of sp³-hybridized carbons (Fsp3) is 0.750. The van der Waals surface area contributed by atoms with Gasteiger partial charge in [-0.15, -0.1) is 0 Å². The number of carbonyl (C=O) groups is 1. The smallest absolute Gasteiger partial charge is 0.282 e. The van der Waals surface area contributed by atoms with Gasteiger partial charge in [0.05, 0.1) is 6.20 Å². The summed E-state index contributed by atoms with van der Waals surface area (Å²) in [7, 11) is -1.54. The Morgan fingerprint density at radius 1 is 1.24 bits per heavy atom. The number of aryl methyl sites for hydroxylation is 1. The molecule has 2 fully saturated rings. The predicted octanol–water partition coefficient (Wildman–Crippen LogP) is 0.254. The van der Waals surface area contributed by atoms with Gasteiger partial charge in [-0.1, -0.05) is 13.8 Å². The molecule has 0 radical (unpaired) electrons. The number of nitrogens with zero attached hydrogens (tertiary/aromatic N) is 5. The molecule has 2 heterocycles. The van der Waals surface area contributed by atoms with Crippen LogP contribution in [-0.2, 0) is 22.1 Å². The zero-order valence-electron chi connectivity index (χ0n) is 15.1. The van der Waals surface area contributed by atoms with Gasteiger partial charge < -0.3 is 4.90 Å². The Morgan fingerprint density at radius 3 is 2.40 bits per heavy atom. The van der Waals surface area contributed by atoms with Gasteiger partial charge in [0.25, 0.3) is 10.2 Å². The average molecular weight is 369 g/mol. The van der Waals surface area contributed by atoms with Crippen LogP contribution in [0.2, 0.25) is 0 Å². The Balaban J connectivity index is 1.55. The molecule has 0 spiro atoms. The monoisotopic (exact) mass is 369 g/mol. The number of rotatable bonds is 6. The minimum atomic E-state index is -3.41. The molecule has 140 valence electrons. The molecule has 2 aliphatic rings. The number of amides is 1. The largest absolute Gasteiger partial charge is 0.340 e. The molecule has 0 unspecified atom stereocenters. The minimum Gasteiger partial charge on any atom is -0.340 e. The third kappa shape index (κ3) is 3.58. The molecular weight excluding hydrogens is 342 g/mol. The van der Waals surface area contributed by atoms with Gasteiger partial charge in [0.15, 0.2) is 0 Å². The fourth-order valence-corrected chi connectivity index (χ4v) is 5.16. The SMILES string of the molecule is CCN(CC)S(=O)(=O)N1CCN(C(=O)[C@@H]2C[C@@H]2c2cnn(C)c2)CC1. The van der Waals surface area contributed by atoms with Crippen molar-refractivity contribution in [3.05, 3.63) is 18.0 Å². The number of hydrogen-bond acceptors (Lipinski definition) is 4. The van der Waals surface area contributed by atoms with Crippen molar-refractivity contribution in [2.45, 2.75) is 26.2 Å². The quantitative estimate of drug-likeness (QED) is 0.720. The number of piperazine rings is 1. The van der Waals surface area contributed by atoms with Gasteiger partial charge in [0, 0.05) is 58.4 Å². The van der Waals surface area contributed by atoms with Crippen LogP contribution in [-0.4, -0.2) is 76.9 Å². The molecule has 0 N–H and O–H groups in total. The summed E-state index contributed by atoms with van der Waals surface area (Å²) >= 11 is 0. The topological polar surface area (TPSA) is 78.8 Å². The lowest BCUT2D eigenvalue weighted by atomic mass is 10.2. The van der Waals surface area contributed by atoms with E-state index in [1.165, 1.54) is 8.61 Å². The van der Waals surface area contributed by atoms with Crippen LogP contribution in [0.4, 0.5) is 0 Å². The summed E-state index contributed by atoms with van der Waals surface area (Å²) < 4.78 is 29.8. The highest BCUT2D eigenvalue weighted by Gasteiger charge is 2.47. The van der Waals surface area contributed by atoms with Crippen LogP contribution in [0.5, 0.6) is 0 Å². The summed E-state index contributed by atoms with van der Waals surface area (Å²) in [4.78, 5) is 14.5. The Labute approximate surface area is 149 Å². The van der Waals surface area contributed by atoms with Crippen LogP contribution in [0, 0.1) is 5.92 Å². The summed E-state index contributed by atoms with van der Waals surface area (Å²) in [5.41, 5.74) is 1.11. The Morgan fingerprint density at radius 2 is 1.88 bits per heavy atom. The molecule has 3 rings (SSSR count). The van der Waals surface area contributed by atoms with Gasteiger partial charge in [-0.3, -0.25) is 9.48 Å². The molecule has 1 amide bonds. The highest BCUT2D eigenvalue weighted by molar-refractivity contribution is 7.86. The average Bonchev–Trinajstić information content (AvgIpc) is 3.29. The van der Waals surface area contributed by atoms with E-state index in [0.29, 0.717) is 39.3 Å². The zero-order valence-corrected chi connectivity index (χ0v) is 15.9. The first-order valence-electron chi connectivity index (χ1n) is 8.91. The zero-order chi connectivity index (χ0) is 18.2. The summed E-state index contributed by atoms with van der Waals surface area (Å²) in [6, 6.07) is 0. The highest BCUT2D eigenvalue weighted by atomic mass is 32.2. The van der Waals surface area contributed by atoms with E-state index in [4.69, 9.17) is 0 Å². The number of hydrogen-bond donors (Lipinski definition) is 0. The molecule has 25 heavy (non-hydrogen) atoms. The van der Waals surface area contributed by atoms with Gasteiger partial charge in [0.1, 0.15) is 0 Å². The van der Waals surface area contributed by atoms with Crippen molar-refractivity contribution in [2.24, 2.45) is 13.0 Å². The summed E-state index contributed by atoms with van der Waals surface area (Å²) in [5, 5.41) is 4.17. The normalized spacial score (nSPS) is 24.7. The number of carbonyl (C=O) groups excluding carboxylic acids is 1. The summed E-state index contributed by atoms with van der Waals surface area (Å²) in [6.45, 7) is 6.29. The van der Waals surface area contributed by atoms with Crippen molar-refractivity contribution in [1.29, 1.82) is 0 Å². The van der Waals surface area contributed by atoms with E-state index >= 15 is 0 Å². The first-order chi connectivity index (χ1) is 11.9. The van der Waals surface area contributed by atoms with Crippen LogP contribution in [0.15, 0.2) is 12.4 Å². The third-order valence-electron chi connectivity index (χ3n) is 5.17. The van der Waals surface area contributed by atoms with Crippen LogP contribution in [0.25, 0.3) is 0 Å². The van der Waals surface area contributed by atoms with E-state index in [2.05, 4.69) is 5.10 Å². The van der Waals surface area contributed by atoms with Gasteiger partial charge in [-0.05, 0) is 17.9 Å². The van der Waals surface area contributed by atoms with Crippen LogP contribution in [0.3, 0.4) is 0 Å². The van der Waals surface area contributed by atoms with E-state index in [1.807, 2.05) is 38.2 Å². The maximum absolute atomic E-state index is 12.7. The van der Waals surface area contributed by atoms with Crippen LogP contribution < -0.4 is 0 Å². The van der Waals surface area contributed by atoms with Crippen molar-refractivity contribution in [3.8, 4) is 0 Å². The second kappa shape index (κ2) is 7.05. The van der Waals surface area contributed by atoms with Gasteiger partial charge in [-0.25, -0.2) is 0 Å². The predicted molar refractivity (Wildman–Crippen MR) is 94.0 cm³/mol. The van der Waals surface area contributed by atoms with Crippen molar-refractivity contribution >= 4 is 16.1 Å². The molecule has 8 nitrogen and oxygen atoms in total. The molecule has 1 saturated heterocycles. The lowest BCUT2D eigenvalue weighted by molar-refractivity contribution is -0.133. The second-order valence-corrected chi connectivity index (χ2v) is 8.64. The third-order valence-corrected chi connectivity index (χ3v) is 7.36. The van der Waals surface area contributed by atoms with Crippen molar-refractivity contribution in [3.63, 3.8) is 0 Å². The fourth-order valence-electron chi connectivity index (χ4n) is 3.55. The molecule has 9 heteroatoms. The molecule has 2 atom stereocenters. The molecule has 1 aromatic rings. The highest BCUT2D eigenvalue weighted by Crippen LogP contribution is 2.48. The van der Waals surface area contributed by atoms with E-state index in [-0.39, 0.29) is 17.7 Å². The van der Waals surface area contributed by atoms with Crippen molar-refractivity contribution in [2.75, 3.05) is 39.3 Å². The molecule has 1 aliphatic carbocycles. The van der Waals surface area contributed by atoms with Crippen LogP contribution in [0.1, 0.15) is 31.7 Å². The lowest BCUT2D eigenvalue weighted by Crippen LogP contribution is -2.54. The van der Waals surface area contributed by atoms with E-state index in [1.54, 1.807) is 4.68 Å². The Hall–Kier alpha value is -1.45. The maximum Gasteiger partial charge on any atom is 0.282 e. The summed E-state index contributed by atoms with van der Waals surface area (Å²) in [5.74, 6) is 0.433. The molecular formula is C16H27N5O3S. The molecule has 1 aromatic heterocycles. The molecule has 1 saturated carbocycles. The minimum absolute atomic E-state index is 0.0233. The van der Waals surface area contributed by atoms with Gasteiger partial charge >= 0.3 is 0 Å². The first-order valence-corrected chi connectivity index (χ1v) is 10.3. The van der Waals surface area contributed by atoms with Crippen LogP contribution >= 0.6 is 0 Å². The molecule has 0 aromatic carbocycles. The Kier molecular flexibility index (Phi) is 5.17. The van der Waals surface area contributed by atoms with Gasteiger partial charge in [0.2, 0.25) is 5.91 Å². The van der Waals surface area contributed by atoms with E-state index in [0.717, 1.165) is 12.0 Å². The van der Waals surface area contributed by atoms with E-state index < -0.39 is 10.2 Å². The number of aromatic nitrogens is 2. The molecule has 0 bridgehead atoms. The lowest BCUT2D eigenvalue weighted by Gasteiger charge is -2.36. The first kappa shape index (κ1) is 18.3. The maximum atomic E-state index is 12.7. The van der Waals surface area contributed by atoms with E-state index in [9.17, 15) is 13.2 Å². The van der Waals surface area contributed by atoms with Crippen molar-refractivity contribution < 1.29 is 13.2 Å². The van der Waals surface area contributed by atoms with Crippen molar-refractivity contribution in [1.82, 2.24) is 23.3 Å². The standard InChI is InChI=1S/C16H27N5O3S/c1-4-20(5-2)25(23,24)21-8-6-19(7-9-21)16(22)15-10-14(15)13-11-17-18(3)12-13/h11-12,14-15H,4-10H2,1-3H3/t14-,15-/m1/s1.